The maximum absolute atomic E-state index is 13.9. The van der Waals surface area contributed by atoms with Gasteiger partial charge in [0, 0.05) is 24.0 Å². The van der Waals surface area contributed by atoms with E-state index < -0.39 is 23.5 Å². The largest absolute Gasteiger partial charge is 0.478 e. The predicted octanol–water partition coefficient (Wildman–Crippen LogP) is 5.33. The van der Waals surface area contributed by atoms with Crippen LogP contribution in [0.2, 0.25) is 5.02 Å². The molecule has 31 heavy (non-hydrogen) atoms. The van der Waals surface area contributed by atoms with Crippen molar-refractivity contribution in [3.8, 4) is 11.5 Å². The first-order chi connectivity index (χ1) is 14.5. The highest BCUT2D eigenvalue weighted by Gasteiger charge is 2.32. The SMILES string of the molecule is Cc1cc(C2CCN(C(=O)Oc3ccc(Cl)cc3F)C2)cc(C)c1OC(C)(C)C(=O)O. The van der Waals surface area contributed by atoms with Crippen LogP contribution in [-0.4, -0.2) is 40.8 Å². The van der Waals surface area contributed by atoms with E-state index in [1.54, 1.807) is 4.90 Å². The molecule has 1 aliphatic heterocycles. The third-order valence-electron chi connectivity index (χ3n) is 5.36. The lowest BCUT2D eigenvalue weighted by molar-refractivity contribution is -0.152. The standard InChI is InChI=1S/C23H25ClFNO5/c1-13-9-16(10-14(2)20(13)31-23(3,4)21(27)28)15-7-8-26(12-15)22(29)30-19-6-5-17(24)11-18(19)25/h5-6,9-11,15H,7-8,12H2,1-4H3,(H,27,28). The molecule has 0 aromatic heterocycles. The van der Waals surface area contributed by atoms with Gasteiger partial charge in [-0.2, -0.15) is 0 Å². The molecule has 0 saturated carbocycles. The highest BCUT2D eigenvalue weighted by Crippen LogP contribution is 2.35. The van der Waals surface area contributed by atoms with E-state index in [2.05, 4.69) is 0 Å². The molecule has 1 N–H and O–H groups in total. The molecule has 3 rings (SSSR count). The topological polar surface area (TPSA) is 76.1 Å². The van der Waals surface area contributed by atoms with Crippen LogP contribution in [0.25, 0.3) is 0 Å². The Balaban J connectivity index is 1.71. The molecule has 8 heteroatoms. The average Bonchev–Trinajstić information content (AvgIpc) is 3.17. The fourth-order valence-electron chi connectivity index (χ4n) is 3.59. The highest BCUT2D eigenvalue weighted by atomic mass is 35.5. The Bertz CT molecular complexity index is 1000. The van der Waals surface area contributed by atoms with Gasteiger partial charge < -0.3 is 19.5 Å². The maximum atomic E-state index is 13.9. The molecule has 2 aromatic carbocycles. The minimum absolute atomic E-state index is 0.0848. The molecule has 0 bridgehead atoms. The summed E-state index contributed by atoms with van der Waals surface area (Å²) in [4.78, 5) is 25.4. The van der Waals surface area contributed by atoms with Crippen LogP contribution >= 0.6 is 11.6 Å². The summed E-state index contributed by atoms with van der Waals surface area (Å²) in [5.74, 6) is -1.27. The molecule has 1 saturated heterocycles. The van der Waals surface area contributed by atoms with Gasteiger partial charge in [-0.05, 0) is 69.0 Å². The number of hydrogen-bond acceptors (Lipinski definition) is 4. The molecule has 0 radical (unpaired) electrons. The molecule has 1 aliphatic rings. The number of hydrogen-bond donors (Lipinski definition) is 1. The predicted molar refractivity (Wildman–Crippen MR) is 115 cm³/mol. The van der Waals surface area contributed by atoms with Gasteiger partial charge in [0.05, 0.1) is 0 Å². The van der Waals surface area contributed by atoms with Crippen LogP contribution in [0.4, 0.5) is 9.18 Å². The zero-order valence-corrected chi connectivity index (χ0v) is 18.6. The van der Waals surface area contributed by atoms with Crippen molar-refractivity contribution in [2.45, 2.75) is 45.6 Å². The molecule has 1 unspecified atom stereocenters. The lowest BCUT2D eigenvalue weighted by atomic mass is 9.94. The molecular weight excluding hydrogens is 425 g/mol. The van der Waals surface area contributed by atoms with E-state index in [1.807, 2.05) is 26.0 Å². The summed E-state index contributed by atoms with van der Waals surface area (Å²) >= 11 is 5.73. The normalized spacial score (nSPS) is 16.3. The molecular formula is C23H25ClFNO5. The van der Waals surface area contributed by atoms with Gasteiger partial charge in [0.15, 0.2) is 17.2 Å². The van der Waals surface area contributed by atoms with Gasteiger partial charge in [-0.15, -0.1) is 0 Å². The number of ether oxygens (including phenoxy) is 2. The summed E-state index contributed by atoms with van der Waals surface area (Å²) in [5, 5.41) is 9.55. The Morgan fingerprint density at radius 3 is 2.42 bits per heavy atom. The average molecular weight is 450 g/mol. The Morgan fingerprint density at radius 1 is 1.19 bits per heavy atom. The zero-order chi connectivity index (χ0) is 22.9. The fraction of sp³-hybridized carbons (Fsp3) is 0.391. The molecule has 0 aliphatic carbocycles. The Morgan fingerprint density at radius 2 is 1.84 bits per heavy atom. The first kappa shape index (κ1) is 22.9. The van der Waals surface area contributed by atoms with Crippen molar-refractivity contribution in [1.82, 2.24) is 4.90 Å². The summed E-state index contributed by atoms with van der Waals surface area (Å²) in [6, 6.07) is 7.79. The lowest BCUT2D eigenvalue weighted by Crippen LogP contribution is -2.38. The minimum atomic E-state index is -1.35. The summed E-state index contributed by atoms with van der Waals surface area (Å²) in [5.41, 5.74) is 1.34. The number of aryl methyl sites for hydroxylation is 2. The molecule has 1 amide bonds. The van der Waals surface area contributed by atoms with Crippen LogP contribution < -0.4 is 9.47 Å². The van der Waals surface area contributed by atoms with E-state index in [0.29, 0.717) is 18.8 Å². The lowest BCUT2D eigenvalue weighted by Gasteiger charge is -2.25. The number of carbonyl (C=O) groups is 2. The number of carboxylic acids is 1. The van der Waals surface area contributed by atoms with Crippen molar-refractivity contribution in [3.05, 3.63) is 57.9 Å². The van der Waals surface area contributed by atoms with Crippen LogP contribution in [-0.2, 0) is 4.79 Å². The number of benzene rings is 2. The smallest absolute Gasteiger partial charge is 0.415 e. The van der Waals surface area contributed by atoms with E-state index in [1.165, 1.54) is 26.0 Å². The van der Waals surface area contributed by atoms with Gasteiger partial charge in [0.2, 0.25) is 0 Å². The van der Waals surface area contributed by atoms with E-state index in [0.717, 1.165) is 29.2 Å². The van der Waals surface area contributed by atoms with Gasteiger partial charge in [0.1, 0.15) is 5.75 Å². The van der Waals surface area contributed by atoms with Gasteiger partial charge in [0.25, 0.3) is 0 Å². The molecule has 166 valence electrons. The Kier molecular flexibility index (Phi) is 6.46. The molecule has 1 atom stereocenters. The number of carbonyl (C=O) groups excluding carboxylic acids is 1. The van der Waals surface area contributed by atoms with Crippen LogP contribution in [0.5, 0.6) is 11.5 Å². The number of halogens is 2. The van der Waals surface area contributed by atoms with Crippen molar-refractivity contribution in [2.75, 3.05) is 13.1 Å². The zero-order valence-electron chi connectivity index (χ0n) is 17.9. The van der Waals surface area contributed by atoms with E-state index in [-0.39, 0.29) is 16.7 Å². The number of likely N-dealkylation sites (tertiary alicyclic amines) is 1. The van der Waals surface area contributed by atoms with Crippen LogP contribution in [0.15, 0.2) is 30.3 Å². The van der Waals surface area contributed by atoms with Crippen molar-refractivity contribution in [3.63, 3.8) is 0 Å². The highest BCUT2D eigenvalue weighted by molar-refractivity contribution is 6.30. The number of nitrogens with zero attached hydrogens (tertiary/aromatic N) is 1. The van der Waals surface area contributed by atoms with E-state index >= 15 is 0 Å². The maximum Gasteiger partial charge on any atom is 0.415 e. The quantitative estimate of drug-likeness (QED) is 0.668. The molecule has 0 spiro atoms. The van der Waals surface area contributed by atoms with Crippen LogP contribution in [0, 0.1) is 19.7 Å². The third kappa shape index (κ3) is 5.10. The van der Waals surface area contributed by atoms with Gasteiger partial charge in [-0.1, -0.05) is 23.7 Å². The fourth-order valence-corrected chi connectivity index (χ4v) is 3.75. The monoisotopic (exact) mass is 449 g/mol. The van der Waals surface area contributed by atoms with Crippen molar-refractivity contribution >= 4 is 23.7 Å². The summed E-state index contributed by atoms with van der Waals surface area (Å²) in [6.45, 7) is 7.68. The summed E-state index contributed by atoms with van der Waals surface area (Å²) in [6.07, 6.45) is 0.123. The van der Waals surface area contributed by atoms with Crippen LogP contribution in [0.3, 0.4) is 0 Å². The van der Waals surface area contributed by atoms with Gasteiger partial charge in [-0.3, -0.25) is 0 Å². The summed E-state index contributed by atoms with van der Waals surface area (Å²) in [7, 11) is 0. The van der Waals surface area contributed by atoms with Gasteiger partial charge >= 0.3 is 12.1 Å². The van der Waals surface area contributed by atoms with Crippen molar-refractivity contribution in [2.24, 2.45) is 0 Å². The van der Waals surface area contributed by atoms with E-state index in [4.69, 9.17) is 21.1 Å². The molecule has 1 heterocycles. The van der Waals surface area contributed by atoms with Crippen molar-refractivity contribution < 1.29 is 28.6 Å². The second kappa shape index (κ2) is 8.75. The molecule has 6 nitrogen and oxygen atoms in total. The molecule has 2 aromatic rings. The number of carboxylic acid groups (broad SMARTS) is 1. The second-order valence-electron chi connectivity index (χ2n) is 8.28. The number of amides is 1. The first-order valence-electron chi connectivity index (χ1n) is 9.93. The van der Waals surface area contributed by atoms with Gasteiger partial charge in [-0.25, -0.2) is 14.0 Å². The number of rotatable bonds is 5. The first-order valence-corrected chi connectivity index (χ1v) is 10.3. The Labute approximate surface area is 185 Å². The molecule has 1 fully saturated rings. The second-order valence-corrected chi connectivity index (χ2v) is 8.71. The van der Waals surface area contributed by atoms with Crippen LogP contribution in [0.1, 0.15) is 42.9 Å². The van der Waals surface area contributed by atoms with E-state index in [9.17, 15) is 19.1 Å². The van der Waals surface area contributed by atoms with Crippen molar-refractivity contribution in [1.29, 1.82) is 0 Å². The Hall–Kier alpha value is -2.80. The number of aliphatic carboxylic acids is 1. The summed E-state index contributed by atoms with van der Waals surface area (Å²) < 4.78 is 24.9. The third-order valence-corrected chi connectivity index (χ3v) is 5.60. The minimum Gasteiger partial charge on any atom is -0.478 e.